The molecule has 0 saturated heterocycles. The highest BCUT2D eigenvalue weighted by atomic mass is 32.1. The van der Waals surface area contributed by atoms with Gasteiger partial charge >= 0.3 is 0 Å². The molecule has 7 rings (SSSR count). The van der Waals surface area contributed by atoms with Crippen LogP contribution < -0.4 is 4.90 Å². The molecule has 0 aliphatic rings. The fourth-order valence-electron chi connectivity index (χ4n) is 4.94. The Labute approximate surface area is 233 Å². The third-order valence-electron chi connectivity index (χ3n) is 6.81. The first-order valence-corrected chi connectivity index (χ1v) is 14.5. The molecule has 0 fully saturated rings. The van der Waals surface area contributed by atoms with Crippen molar-refractivity contribution in [2.45, 2.75) is 13.3 Å². The van der Waals surface area contributed by atoms with Gasteiger partial charge in [0.15, 0.2) is 5.13 Å². The predicted octanol–water partition coefficient (Wildman–Crippen LogP) is 7.66. The van der Waals surface area contributed by atoms with E-state index in [0.29, 0.717) is 0 Å². The number of aromatic amines is 1. The van der Waals surface area contributed by atoms with Gasteiger partial charge in [0, 0.05) is 71.2 Å². The van der Waals surface area contributed by atoms with E-state index in [1.165, 1.54) is 0 Å². The van der Waals surface area contributed by atoms with E-state index in [4.69, 9.17) is 15.0 Å². The standard InChI is InChI=1S/C30H25N7S2/c1-3-16-36(2)30-35-25(21-10-13-31-26-22(21)11-14-32-26)29(39-30)37-17-12-23-20(9-15-33-27(23)37)24-18-38-28(34-24)19-7-5-4-6-8-19/h4-15,17-18H,3,16H2,1-2H3,(H,31,32). The maximum atomic E-state index is 5.15. The van der Waals surface area contributed by atoms with Gasteiger partial charge in [0.2, 0.25) is 0 Å². The number of hydrogen-bond donors (Lipinski definition) is 1. The lowest BCUT2D eigenvalue weighted by atomic mass is 10.1. The SMILES string of the molecule is CCCN(C)c1nc(-c2ccnc3[nH]ccc23)c(-n2ccc3c(-c4csc(-c5ccccc5)n4)ccnc32)s1. The van der Waals surface area contributed by atoms with Gasteiger partial charge in [0.05, 0.1) is 5.69 Å². The highest BCUT2D eigenvalue weighted by Gasteiger charge is 2.22. The van der Waals surface area contributed by atoms with Crippen LogP contribution in [0.25, 0.3) is 60.2 Å². The summed E-state index contributed by atoms with van der Waals surface area (Å²) in [5.41, 5.74) is 6.87. The molecule has 0 unspecified atom stereocenters. The number of fused-ring (bicyclic) bond motifs is 2. The first-order chi connectivity index (χ1) is 19.2. The number of anilines is 1. The van der Waals surface area contributed by atoms with E-state index in [-0.39, 0.29) is 0 Å². The van der Waals surface area contributed by atoms with E-state index in [1.807, 2.05) is 42.9 Å². The van der Waals surface area contributed by atoms with Crippen LogP contribution in [-0.2, 0) is 0 Å². The molecular formula is C30H25N7S2. The van der Waals surface area contributed by atoms with Gasteiger partial charge in [-0.2, -0.15) is 0 Å². The van der Waals surface area contributed by atoms with Gasteiger partial charge in [0.1, 0.15) is 27.0 Å². The fraction of sp³-hybridized carbons (Fsp3) is 0.133. The summed E-state index contributed by atoms with van der Waals surface area (Å²) >= 11 is 3.34. The molecule has 0 saturated carbocycles. The zero-order chi connectivity index (χ0) is 26.3. The van der Waals surface area contributed by atoms with Crippen LogP contribution in [0.3, 0.4) is 0 Å². The molecule has 1 aromatic carbocycles. The molecular weight excluding hydrogens is 523 g/mol. The smallest absolute Gasteiger partial charge is 0.187 e. The number of rotatable bonds is 7. The van der Waals surface area contributed by atoms with Crippen molar-refractivity contribution < 1.29 is 0 Å². The fourth-order valence-corrected chi connectivity index (χ4v) is 6.82. The maximum Gasteiger partial charge on any atom is 0.187 e. The Bertz CT molecular complexity index is 1910. The van der Waals surface area contributed by atoms with Crippen LogP contribution in [-0.4, -0.2) is 43.1 Å². The Kier molecular flexibility index (Phi) is 5.94. The van der Waals surface area contributed by atoms with E-state index in [2.05, 4.69) is 75.3 Å². The molecule has 0 atom stereocenters. The van der Waals surface area contributed by atoms with Crippen molar-refractivity contribution in [3.8, 4) is 38.1 Å². The summed E-state index contributed by atoms with van der Waals surface area (Å²) in [6.07, 6.45) is 8.78. The molecule has 7 nitrogen and oxygen atoms in total. The van der Waals surface area contributed by atoms with E-state index >= 15 is 0 Å². The number of thiazole rings is 2. The van der Waals surface area contributed by atoms with E-state index < -0.39 is 0 Å². The Morgan fingerprint density at radius 1 is 0.923 bits per heavy atom. The largest absolute Gasteiger partial charge is 0.351 e. The highest BCUT2D eigenvalue weighted by molar-refractivity contribution is 7.18. The summed E-state index contributed by atoms with van der Waals surface area (Å²) in [7, 11) is 2.10. The number of nitrogens with one attached hydrogen (secondary N) is 1. The van der Waals surface area contributed by atoms with Crippen molar-refractivity contribution in [1.82, 2.24) is 29.5 Å². The molecule has 39 heavy (non-hydrogen) atoms. The summed E-state index contributed by atoms with van der Waals surface area (Å²) in [6.45, 7) is 3.12. The molecule has 0 spiro atoms. The summed E-state index contributed by atoms with van der Waals surface area (Å²) in [5, 5.41) is 7.26. The number of hydrogen-bond acceptors (Lipinski definition) is 7. The average Bonchev–Trinajstić information content (AvgIpc) is 3.78. The molecule has 7 aromatic rings. The van der Waals surface area contributed by atoms with Gasteiger partial charge in [-0.3, -0.25) is 4.57 Å². The average molecular weight is 548 g/mol. The second-order valence-electron chi connectivity index (χ2n) is 9.36. The number of nitrogens with zero attached hydrogens (tertiary/aromatic N) is 6. The zero-order valence-corrected chi connectivity index (χ0v) is 23.1. The molecule has 6 aromatic heterocycles. The van der Waals surface area contributed by atoms with Gasteiger partial charge < -0.3 is 9.88 Å². The van der Waals surface area contributed by atoms with Crippen molar-refractivity contribution in [3.05, 3.63) is 84.8 Å². The molecule has 192 valence electrons. The minimum atomic E-state index is 0.852. The van der Waals surface area contributed by atoms with Crippen molar-refractivity contribution in [3.63, 3.8) is 0 Å². The van der Waals surface area contributed by atoms with Crippen molar-refractivity contribution in [1.29, 1.82) is 0 Å². The topological polar surface area (TPSA) is 75.5 Å². The Hall–Kier alpha value is -4.34. The number of benzene rings is 1. The number of H-pyrrole nitrogens is 1. The molecule has 0 amide bonds. The van der Waals surface area contributed by atoms with Gasteiger partial charge in [-0.05, 0) is 30.7 Å². The summed E-state index contributed by atoms with van der Waals surface area (Å²) in [5.74, 6) is 0. The van der Waals surface area contributed by atoms with Crippen LogP contribution in [0.4, 0.5) is 5.13 Å². The minimum absolute atomic E-state index is 0.852. The normalized spacial score (nSPS) is 11.5. The zero-order valence-electron chi connectivity index (χ0n) is 21.5. The van der Waals surface area contributed by atoms with Gasteiger partial charge in [-0.1, -0.05) is 48.6 Å². The van der Waals surface area contributed by atoms with Crippen LogP contribution in [0.5, 0.6) is 0 Å². The molecule has 0 aliphatic heterocycles. The molecule has 0 bridgehead atoms. The van der Waals surface area contributed by atoms with Crippen LogP contribution >= 0.6 is 22.7 Å². The van der Waals surface area contributed by atoms with Crippen molar-refractivity contribution >= 4 is 49.9 Å². The Balaban J connectivity index is 1.38. The first-order valence-electron chi connectivity index (χ1n) is 12.8. The van der Waals surface area contributed by atoms with Gasteiger partial charge in [-0.25, -0.2) is 19.9 Å². The molecule has 0 aliphatic carbocycles. The molecule has 0 radical (unpaired) electrons. The highest BCUT2D eigenvalue weighted by Crippen LogP contribution is 2.41. The van der Waals surface area contributed by atoms with Gasteiger partial charge in [-0.15, -0.1) is 11.3 Å². The second-order valence-corrected chi connectivity index (χ2v) is 11.2. The van der Waals surface area contributed by atoms with Crippen molar-refractivity contribution in [2.24, 2.45) is 0 Å². The predicted molar refractivity (Wildman–Crippen MR) is 162 cm³/mol. The van der Waals surface area contributed by atoms with E-state index in [1.54, 1.807) is 22.7 Å². The Morgan fingerprint density at radius 3 is 2.64 bits per heavy atom. The summed E-state index contributed by atoms with van der Waals surface area (Å²) in [6, 6.07) is 18.6. The van der Waals surface area contributed by atoms with E-state index in [9.17, 15) is 0 Å². The minimum Gasteiger partial charge on any atom is -0.351 e. The lowest BCUT2D eigenvalue weighted by Gasteiger charge is -2.13. The van der Waals surface area contributed by atoms with E-state index in [0.717, 1.165) is 78.3 Å². The third kappa shape index (κ3) is 4.10. The monoisotopic (exact) mass is 547 g/mol. The third-order valence-corrected chi connectivity index (χ3v) is 8.87. The Morgan fingerprint density at radius 2 is 1.77 bits per heavy atom. The summed E-state index contributed by atoms with van der Waals surface area (Å²) in [4.78, 5) is 24.9. The van der Waals surface area contributed by atoms with Crippen LogP contribution in [0.2, 0.25) is 0 Å². The van der Waals surface area contributed by atoms with Crippen LogP contribution in [0.1, 0.15) is 13.3 Å². The quantitative estimate of drug-likeness (QED) is 0.222. The van der Waals surface area contributed by atoms with Crippen molar-refractivity contribution in [2.75, 3.05) is 18.5 Å². The van der Waals surface area contributed by atoms with Crippen LogP contribution in [0.15, 0.2) is 84.8 Å². The lowest BCUT2D eigenvalue weighted by molar-refractivity contribution is 0.848. The molecule has 6 heterocycles. The first kappa shape index (κ1) is 23.8. The van der Waals surface area contributed by atoms with Gasteiger partial charge in [0.25, 0.3) is 0 Å². The summed E-state index contributed by atoms with van der Waals surface area (Å²) < 4.78 is 2.17. The second kappa shape index (κ2) is 9.76. The number of aromatic nitrogens is 6. The van der Waals surface area contributed by atoms with Crippen LogP contribution in [0, 0.1) is 0 Å². The molecule has 1 N–H and O–H groups in total. The maximum absolute atomic E-state index is 5.15. The number of pyridine rings is 2. The molecule has 9 heteroatoms. The lowest BCUT2D eigenvalue weighted by Crippen LogP contribution is -2.17.